The van der Waals surface area contributed by atoms with Gasteiger partial charge in [-0.2, -0.15) is 0 Å². The molecule has 5 rings (SSSR count). The molecule has 1 amide bonds. The number of benzene rings is 3. The fourth-order valence-electron chi connectivity index (χ4n) is 5.18. The van der Waals surface area contributed by atoms with Gasteiger partial charge in [0.15, 0.2) is 0 Å². The normalized spacial score (nSPS) is 13.8. The van der Waals surface area contributed by atoms with Gasteiger partial charge < -0.3 is 19.4 Å². The molecular formula is C30H35ClN4O4. The van der Waals surface area contributed by atoms with Crippen LogP contribution in [0.4, 0.5) is 4.79 Å². The average Bonchev–Trinajstić information content (AvgIpc) is 3.29. The number of imidazole rings is 1. The molecule has 9 heteroatoms. The predicted molar refractivity (Wildman–Crippen MR) is 155 cm³/mol. The van der Waals surface area contributed by atoms with E-state index in [4.69, 9.17) is 9.47 Å². The van der Waals surface area contributed by atoms with Crippen molar-refractivity contribution in [2.75, 3.05) is 33.4 Å². The van der Waals surface area contributed by atoms with Gasteiger partial charge in [0, 0.05) is 38.8 Å². The van der Waals surface area contributed by atoms with Crippen LogP contribution < -0.4 is 10.4 Å². The van der Waals surface area contributed by atoms with Gasteiger partial charge in [-0.1, -0.05) is 54.6 Å². The first-order valence-corrected chi connectivity index (χ1v) is 13.1. The highest BCUT2D eigenvalue weighted by Gasteiger charge is 2.27. The van der Waals surface area contributed by atoms with Gasteiger partial charge in [-0.25, -0.2) is 9.59 Å². The van der Waals surface area contributed by atoms with Gasteiger partial charge in [0.1, 0.15) is 12.4 Å². The van der Waals surface area contributed by atoms with E-state index in [9.17, 15) is 9.59 Å². The number of carbonyl (C=O) groups excluding carboxylic acids is 1. The van der Waals surface area contributed by atoms with Crippen LogP contribution in [0.15, 0.2) is 83.7 Å². The van der Waals surface area contributed by atoms with Crippen LogP contribution in [0.3, 0.4) is 0 Å². The lowest BCUT2D eigenvalue weighted by atomic mass is 10.0. The molecule has 0 spiro atoms. The molecule has 8 nitrogen and oxygen atoms in total. The van der Waals surface area contributed by atoms with Gasteiger partial charge in [-0.3, -0.25) is 9.47 Å². The number of likely N-dealkylation sites (tertiary alicyclic amines) is 1. The highest BCUT2D eigenvalue weighted by atomic mass is 35.5. The quantitative estimate of drug-likeness (QED) is 0.308. The fraction of sp³-hybridized carbons (Fsp3) is 0.333. The van der Waals surface area contributed by atoms with E-state index in [-0.39, 0.29) is 30.2 Å². The first-order valence-electron chi connectivity index (χ1n) is 13.1. The number of hydrogen-bond acceptors (Lipinski definition) is 5. The fourth-order valence-corrected chi connectivity index (χ4v) is 5.18. The Morgan fingerprint density at radius 3 is 2.41 bits per heavy atom. The minimum Gasteiger partial charge on any atom is -0.497 e. The molecule has 39 heavy (non-hydrogen) atoms. The van der Waals surface area contributed by atoms with Crippen LogP contribution in [-0.4, -0.2) is 58.8 Å². The molecule has 0 aliphatic carbocycles. The van der Waals surface area contributed by atoms with Crippen molar-refractivity contribution in [2.24, 2.45) is 0 Å². The Labute approximate surface area is 234 Å². The van der Waals surface area contributed by atoms with E-state index in [1.54, 1.807) is 12.0 Å². The molecule has 0 atom stereocenters. The topological polar surface area (TPSA) is 79.8 Å². The van der Waals surface area contributed by atoms with Crippen LogP contribution in [0.2, 0.25) is 0 Å². The van der Waals surface area contributed by atoms with Crippen LogP contribution in [0.5, 0.6) is 5.75 Å². The largest absolute Gasteiger partial charge is 0.497 e. The summed E-state index contributed by atoms with van der Waals surface area (Å²) in [5, 5.41) is 0. The van der Waals surface area contributed by atoms with E-state index in [1.165, 1.54) is 5.56 Å². The summed E-state index contributed by atoms with van der Waals surface area (Å²) >= 11 is 0. The predicted octanol–water partition coefficient (Wildman–Crippen LogP) is 5.24. The van der Waals surface area contributed by atoms with Crippen molar-refractivity contribution in [1.82, 2.24) is 19.4 Å². The molecule has 1 aliphatic rings. The monoisotopic (exact) mass is 550 g/mol. The number of carbonyl (C=O) groups is 1. The number of aromatic amines is 1. The summed E-state index contributed by atoms with van der Waals surface area (Å²) in [5.41, 5.74) is 4.00. The number of hydrogen-bond donors (Lipinski definition) is 1. The third-order valence-electron chi connectivity index (χ3n) is 7.13. The Balaban J connectivity index is 0.00000353. The zero-order valence-electron chi connectivity index (χ0n) is 22.1. The van der Waals surface area contributed by atoms with Crippen molar-refractivity contribution in [3.63, 3.8) is 0 Å². The van der Waals surface area contributed by atoms with Crippen molar-refractivity contribution >= 4 is 29.5 Å². The summed E-state index contributed by atoms with van der Waals surface area (Å²) in [4.78, 5) is 32.3. The van der Waals surface area contributed by atoms with Gasteiger partial charge in [-0.05, 0) is 48.2 Å². The molecule has 4 aromatic rings. The van der Waals surface area contributed by atoms with Gasteiger partial charge >= 0.3 is 11.8 Å². The Hall–Kier alpha value is -3.75. The summed E-state index contributed by atoms with van der Waals surface area (Å²) in [6, 6.07) is 26.1. The second-order valence-electron chi connectivity index (χ2n) is 9.70. The van der Waals surface area contributed by atoms with Crippen LogP contribution in [-0.2, 0) is 17.8 Å². The second-order valence-corrected chi connectivity index (χ2v) is 9.70. The average molecular weight is 551 g/mol. The van der Waals surface area contributed by atoms with Gasteiger partial charge in [-0.15, -0.1) is 12.4 Å². The number of nitrogens with one attached hydrogen (secondary N) is 1. The van der Waals surface area contributed by atoms with Crippen LogP contribution >= 0.6 is 12.4 Å². The van der Waals surface area contributed by atoms with Crippen molar-refractivity contribution in [3.05, 3.63) is 100 Å². The number of nitrogens with zero attached hydrogens (tertiary/aromatic N) is 3. The number of aromatic nitrogens is 2. The molecular weight excluding hydrogens is 516 g/mol. The maximum Gasteiger partial charge on any atom is 0.409 e. The zero-order valence-corrected chi connectivity index (χ0v) is 22.9. The number of para-hydroxylation sites is 2. The molecule has 0 unspecified atom stereocenters. The summed E-state index contributed by atoms with van der Waals surface area (Å²) in [5.74, 6) is 0.826. The lowest BCUT2D eigenvalue weighted by Crippen LogP contribution is -2.41. The minimum atomic E-state index is -0.296. The molecule has 1 aromatic heterocycles. The van der Waals surface area contributed by atoms with Crippen molar-refractivity contribution in [3.8, 4) is 5.75 Å². The lowest BCUT2D eigenvalue weighted by Gasteiger charge is -2.32. The molecule has 1 N–H and O–H groups in total. The summed E-state index contributed by atoms with van der Waals surface area (Å²) in [6.45, 7) is 3.51. The Kier molecular flexibility index (Phi) is 9.68. The van der Waals surface area contributed by atoms with Gasteiger partial charge in [0.2, 0.25) is 0 Å². The number of methoxy groups -OCH3 is 1. The molecule has 3 aromatic carbocycles. The zero-order chi connectivity index (χ0) is 26.3. The molecule has 1 saturated heterocycles. The molecule has 0 saturated carbocycles. The van der Waals surface area contributed by atoms with Gasteiger partial charge in [0.25, 0.3) is 0 Å². The molecule has 2 heterocycles. The van der Waals surface area contributed by atoms with E-state index < -0.39 is 0 Å². The van der Waals surface area contributed by atoms with Gasteiger partial charge in [0.05, 0.1) is 18.1 Å². The lowest BCUT2D eigenvalue weighted by molar-refractivity contribution is 0.0769. The maximum atomic E-state index is 12.8. The number of amides is 1. The highest BCUT2D eigenvalue weighted by Crippen LogP contribution is 2.25. The summed E-state index contributed by atoms with van der Waals surface area (Å²) < 4.78 is 12.9. The van der Waals surface area contributed by atoms with Crippen LogP contribution in [0.1, 0.15) is 30.0 Å². The number of rotatable bonds is 9. The molecule has 1 fully saturated rings. The highest BCUT2D eigenvalue weighted by molar-refractivity contribution is 5.85. The number of ether oxygens (including phenoxy) is 2. The first kappa shape index (κ1) is 28.3. The summed E-state index contributed by atoms with van der Waals surface area (Å²) in [6.07, 6.45) is 1.13. The SMILES string of the molecule is COc1cccc(CN(CCOC(=O)N2CCC(n3c(=O)[nH]c4ccccc43)CC2)Cc2ccccc2)c1.Cl. The standard InChI is InChI=1S/C30H34N4O4.ClH/c1-37-26-11-7-10-24(20-26)22-32(21-23-8-3-2-4-9-23)18-19-38-30(36)33-16-14-25(15-17-33)34-28-13-6-5-12-27(28)31-29(34)35;/h2-13,20,25H,14-19,21-22H2,1H3,(H,31,35);1H. The molecule has 0 radical (unpaired) electrons. The third-order valence-corrected chi connectivity index (χ3v) is 7.13. The van der Waals surface area contributed by atoms with Crippen LogP contribution in [0, 0.1) is 0 Å². The molecule has 1 aliphatic heterocycles. The maximum absolute atomic E-state index is 12.8. The Morgan fingerprint density at radius 2 is 1.64 bits per heavy atom. The number of piperidine rings is 1. The van der Waals surface area contributed by atoms with E-state index in [0.29, 0.717) is 45.6 Å². The van der Waals surface area contributed by atoms with E-state index in [1.807, 2.05) is 65.2 Å². The van der Waals surface area contributed by atoms with Crippen molar-refractivity contribution in [2.45, 2.75) is 32.0 Å². The Morgan fingerprint density at radius 1 is 0.949 bits per heavy atom. The first-order chi connectivity index (χ1) is 18.6. The Bertz CT molecular complexity index is 1410. The number of H-pyrrole nitrogens is 1. The van der Waals surface area contributed by atoms with Crippen LogP contribution in [0.25, 0.3) is 11.0 Å². The molecule has 206 valence electrons. The third kappa shape index (κ3) is 7.02. The van der Waals surface area contributed by atoms with E-state index in [0.717, 1.165) is 28.9 Å². The second kappa shape index (κ2) is 13.4. The van der Waals surface area contributed by atoms with E-state index in [2.05, 4.69) is 28.1 Å². The smallest absolute Gasteiger partial charge is 0.409 e. The number of halogens is 1. The van der Waals surface area contributed by atoms with Crippen molar-refractivity contribution < 1.29 is 14.3 Å². The number of fused-ring (bicyclic) bond motifs is 1. The molecule has 0 bridgehead atoms. The summed E-state index contributed by atoms with van der Waals surface area (Å²) in [7, 11) is 1.67. The van der Waals surface area contributed by atoms with E-state index >= 15 is 0 Å². The minimum absolute atomic E-state index is 0. The van der Waals surface area contributed by atoms with Crippen molar-refractivity contribution in [1.29, 1.82) is 0 Å².